The molecule has 0 radical (unpaired) electrons. The number of amides is 1. The van der Waals surface area contributed by atoms with Crippen molar-refractivity contribution in [1.82, 2.24) is 10.3 Å². The summed E-state index contributed by atoms with van der Waals surface area (Å²) in [5.41, 5.74) is 2.62. The standard InChI is InChI=1S/C21H22ClN3O3S/c1-13(14-4-6-15(22)7-5-14)23-11-20(26)25-21-24-18(12-29-21)17-9-8-16(27-2)10-19(17)28-3/h4-10,12-13,23H,11H2,1-3H3,(H,24,25,26)/t13-/m1/s1. The molecule has 6 nitrogen and oxygen atoms in total. The number of aromatic nitrogens is 1. The Morgan fingerprint density at radius 2 is 1.93 bits per heavy atom. The van der Waals surface area contributed by atoms with E-state index < -0.39 is 0 Å². The predicted octanol–water partition coefficient (Wildman–Crippen LogP) is 4.77. The molecule has 29 heavy (non-hydrogen) atoms. The normalized spacial score (nSPS) is 11.7. The molecule has 3 aromatic rings. The van der Waals surface area contributed by atoms with Gasteiger partial charge in [0.15, 0.2) is 5.13 Å². The van der Waals surface area contributed by atoms with Gasteiger partial charge in [0.1, 0.15) is 11.5 Å². The van der Waals surface area contributed by atoms with Crippen molar-refractivity contribution in [2.75, 3.05) is 26.1 Å². The second-order valence-corrected chi connectivity index (χ2v) is 7.60. The summed E-state index contributed by atoms with van der Waals surface area (Å²) in [5.74, 6) is 1.20. The van der Waals surface area contributed by atoms with Crippen LogP contribution in [0.1, 0.15) is 18.5 Å². The summed E-state index contributed by atoms with van der Waals surface area (Å²) in [7, 11) is 3.20. The number of nitrogens with one attached hydrogen (secondary N) is 2. The average Bonchev–Trinajstić information content (AvgIpc) is 3.20. The third-order valence-corrected chi connectivity index (χ3v) is 5.38. The van der Waals surface area contributed by atoms with Gasteiger partial charge < -0.3 is 20.1 Å². The quantitative estimate of drug-likeness (QED) is 0.537. The fraction of sp³-hybridized carbons (Fsp3) is 0.238. The Labute approximate surface area is 178 Å². The van der Waals surface area contributed by atoms with E-state index in [-0.39, 0.29) is 18.5 Å². The molecule has 2 N–H and O–H groups in total. The van der Waals surface area contributed by atoms with E-state index in [1.807, 2.05) is 48.7 Å². The van der Waals surface area contributed by atoms with E-state index in [0.717, 1.165) is 16.8 Å². The first-order valence-electron chi connectivity index (χ1n) is 8.96. The van der Waals surface area contributed by atoms with Gasteiger partial charge >= 0.3 is 0 Å². The van der Waals surface area contributed by atoms with Crippen LogP contribution >= 0.6 is 22.9 Å². The summed E-state index contributed by atoms with van der Waals surface area (Å²) in [6.45, 7) is 2.17. The van der Waals surface area contributed by atoms with Gasteiger partial charge in [0.05, 0.1) is 26.5 Å². The molecular formula is C21H22ClN3O3S. The summed E-state index contributed by atoms with van der Waals surface area (Å²) in [4.78, 5) is 16.8. The van der Waals surface area contributed by atoms with Crippen molar-refractivity contribution in [3.05, 3.63) is 58.4 Å². The highest BCUT2D eigenvalue weighted by Crippen LogP contribution is 2.34. The highest BCUT2D eigenvalue weighted by molar-refractivity contribution is 7.14. The van der Waals surface area contributed by atoms with Gasteiger partial charge in [-0.25, -0.2) is 4.98 Å². The number of benzene rings is 2. The van der Waals surface area contributed by atoms with Crippen LogP contribution in [0.5, 0.6) is 11.5 Å². The van der Waals surface area contributed by atoms with Crippen LogP contribution < -0.4 is 20.1 Å². The molecule has 0 aliphatic carbocycles. The van der Waals surface area contributed by atoms with E-state index in [2.05, 4.69) is 15.6 Å². The molecule has 0 fully saturated rings. The Kier molecular flexibility index (Phi) is 7.09. The van der Waals surface area contributed by atoms with E-state index in [9.17, 15) is 4.79 Å². The van der Waals surface area contributed by atoms with Crippen LogP contribution in [0.2, 0.25) is 5.02 Å². The molecule has 1 aromatic heterocycles. The van der Waals surface area contributed by atoms with Gasteiger partial charge in [-0.05, 0) is 36.8 Å². The first kappa shape index (κ1) is 21.1. The molecule has 1 heterocycles. The molecule has 0 aliphatic rings. The zero-order valence-electron chi connectivity index (χ0n) is 16.4. The Morgan fingerprint density at radius 3 is 2.62 bits per heavy atom. The monoisotopic (exact) mass is 431 g/mol. The largest absolute Gasteiger partial charge is 0.497 e. The third kappa shape index (κ3) is 5.47. The fourth-order valence-electron chi connectivity index (χ4n) is 2.74. The molecular weight excluding hydrogens is 410 g/mol. The van der Waals surface area contributed by atoms with E-state index in [4.69, 9.17) is 21.1 Å². The second kappa shape index (κ2) is 9.73. The first-order valence-corrected chi connectivity index (χ1v) is 10.2. The zero-order valence-corrected chi connectivity index (χ0v) is 17.9. The second-order valence-electron chi connectivity index (χ2n) is 6.31. The first-order chi connectivity index (χ1) is 14.0. The smallest absolute Gasteiger partial charge is 0.240 e. The molecule has 1 amide bonds. The van der Waals surface area contributed by atoms with Gasteiger partial charge in [-0.15, -0.1) is 11.3 Å². The number of anilines is 1. The number of hydrogen-bond donors (Lipinski definition) is 2. The Hall–Kier alpha value is -2.61. The van der Waals surface area contributed by atoms with E-state index in [1.165, 1.54) is 11.3 Å². The lowest BCUT2D eigenvalue weighted by molar-refractivity contribution is -0.115. The Bertz CT molecular complexity index is 976. The summed E-state index contributed by atoms with van der Waals surface area (Å²) in [6, 6.07) is 13.1. The van der Waals surface area contributed by atoms with Crippen LogP contribution in [0.15, 0.2) is 47.8 Å². The van der Waals surface area contributed by atoms with Gasteiger partial charge in [0.25, 0.3) is 0 Å². The SMILES string of the molecule is COc1ccc(-c2csc(NC(=O)CN[C@H](C)c3ccc(Cl)cc3)n2)c(OC)c1. The van der Waals surface area contributed by atoms with Gasteiger partial charge in [-0.2, -0.15) is 0 Å². The number of halogens is 1. The van der Waals surface area contributed by atoms with Crippen LogP contribution in [-0.4, -0.2) is 31.7 Å². The summed E-state index contributed by atoms with van der Waals surface area (Å²) in [5, 5.41) is 9.12. The van der Waals surface area contributed by atoms with Gasteiger partial charge in [-0.3, -0.25) is 4.79 Å². The maximum absolute atomic E-state index is 12.3. The maximum Gasteiger partial charge on any atom is 0.240 e. The highest BCUT2D eigenvalue weighted by atomic mass is 35.5. The number of hydrogen-bond acceptors (Lipinski definition) is 6. The highest BCUT2D eigenvalue weighted by Gasteiger charge is 2.13. The molecule has 0 saturated heterocycles. The van der Waals surface area contributed by atoms with Gasteiger partial charge in [0, 0.05) is 28.1 Å². The van der Waals surface area contributed by atoms with Crippen molar-refractivity contribution < 1.29 is 14.3 Å². The van der Waals surface area contributed by atoms with Crippen LogP contribution in [0.4, 0.5) is 5.13 Å². The van der Waals surface area contributed by atoms with Crippen molar-refractivity contribution in [2.24, 2.45) is 0 Å². The molecule has 0 aliphatic heterocycles. The average molecular weight is 432 g/mol. The van der Waals surface area contributed by atoms with Crippen molar-refractivity contribution in [2.45, 2.75) is 13.0 Å². The lowest BCUT2D eigenvalue weighted by Crippen LogP contribution is -2.30. The minimum absolute atomic E-state index is 0.0217. The number of nitrogens with zero attached hydrogens (tertiary/aromatic N) is 1. The Balaban J connectivity index is 1.60. The van der Waals surface area contributed by atoms with Crippen molar-refractivity contribution in [1.29, 1.82) is 0 Å². The summed E-state index contributed by atoms with van der Waals surface area (Å²) < 4.78 is 10.6. The van der Waals surface area contributed by atoms with Crippen molar-refractivity contribution >= 4 is 34.0 Å². The molecule has 0 saturated carbocycles. The van der Waals surface area contributed by atoms with Crippen LogP contribution in [0, 0.1) is 0 Å². The lowest BCUT2D eigenvalue weighted by Gasteiger charge is -2.13. The molecule has 152 valence electrons. The van der Waals surface area contributed by atoms with Crippen molar-refractivity contribution in [3.63, 3.8) is 0 Å². The van der Waals surface area contributed by atoms with E-state index >= 15 is 0 Å². The van der Waals surface area contributed by atoms with Crippen LogP contribution in [0.3, 0.4) is 0 Å². The molecule has 0 bridgehead atoms. The number of ether oxygens (including phenoxy) is 2. The molecule has 3 rings (SSSR count). The number of carbonyl (C=O) groups is 1. The molecule has 0 spiro atoms. The molecule has 0 unspecified atom stereocenters. The van der Waals surface area contributed by atoms with Crippen molar-refractivity contribution in [3.8, 4) is 22.8 Å². The summed E-state index contributed by atoms with van der Waals surface area (Å²) >= 11 is 7.27. The van der Waals surface area contributed by atoms with Crippen LogP contribution in [0.25, 0.3) is 11.3 Å². The zero-order chi connectivity index (χ0) is 20.8. The topological polar surface area (TPSA) is 72.5 Å². The minimum Gasteiger partial charge on any atom is -0.497 e. The molecule has 8 heteroatoms. The Morgan fingerprint density at radius 1 is 1.17 bits per heavy atom. The predicted molar refractivity (Wildman–Crippen MR) is 117 cm³/mol. The lowest BCUT2D eigenvalue weighted by atomic mass is 10.1. The van der Waals surface area contributed by atoms with Gasteiger partial charge in [-0.1, -0.05) is 23.7 Å². The number of thiazole rings is 1. The van der Waals surface area contributed by atoms with E-state index in [1.54, 1.807) is 20.3 Å². The number of rotatable bonds is 8. The number of methoxy groups -OCH3 is 2. The van der Waals surface area contributed by atoms with E-state index in [0.29, 0.717) is 21.7 Å². The number of carbonyl (C=O) groups excluding carboxylic acids is 1. The van der Waals surface area contributed by atoms with Gasteiger partial charge in [0.2, 0.25) is 5.91 Å². The molecule has 1 atom stereocenters. The molecule has 2 aromatic carbocycles. The van der Waals surface area contributed by atoms with Crippen LogP contribution in [-0.2, 0) is 4.79 Å². The summed E-state index contributed by atoms with van der Waals surface area (Å²) in [6.07, 6.45) is 0. The fourth-order valence-corrected chi connectivity index (χ4v) is 3.60. The maximum atomic E-state index is 12.3. The minimum atomic E-state index is -0.159. The third-order valence-electron chi connectivity index (χ3n) is 4.37.